The largest absolute Gasteiger partial charge is 0.465 e. The molecule has 0 aliphatic carbocycles. The minimum absolute atomic E-state index is 0.121. The molecule has 0 aliphatic rings. The number of amides is 1. The van der Waals surface area contributed by atoms with Gasteiger partial charge in [0, 0.05) is 13.2 Å². The van der Waals surface area contributed by atoms with Crippen molar-refractivity contribution < 1.29 is 23.9 Å². The van der Waals surface area contributed by atoms with Crippen LogP contribution in [0.2, 0.25) is 0 Å². The van der Waals surface area contributed by atoms with Gasteiger partial charge >= 0.3 is 11.9 Å². The average Bonchev–Trinajstić information content (AvgIpc) is 3.06. The summed E-state index contributed by atoms with van der Waals surface area (Å²) in [5.41, 5.74) is 0.670. The fraction of sp³-hybridized carbons (Fsp3) is 0.333. The van der Waals surface area contributed by atoms with Crippen LogP contribution in [0.25, 0.3) is 0 Å². The lowest BCUT2D eigenvalue weighted by Gasteiger charge is -2.05. The molecule has 0 atom stereocenters. The van der Waals surface area contributed by atoms with Crippen LogP contribution >= 0.6 is 27.3 Å². The topological polar surface area (TPSA) is 99.5 Å². The monoisotopic (exact) mass is 429 g/mol. The molecule has 1 amide bonds. The minimum Gasteiger partial charge on any atom is -0.465 e. The van der Waals surface area contributed by atoms with E-state index in [1.165, 1.54) is 11.8 Å². The Morgan fingerprint density at radius 3 is 2.56 bits per heavy atom. The lowest BCUT2D eigenvalue weighted by Crippen LogP contribution is -2.15. The molecule has 0 aromatic carbocycles. The summed E-state index contributed by atoms with van der Waals surface area (Å²) in [5.74, 6) is -1.73. The number of carbonyl (C=O) groups is 3. The van der Waals surface area contributed by atoms with Crippen LogP contribution in [-0.4, -0.2) is 41.3 Å². The van der Waals surface area contributed by atoms with Gasteiger partial charge in [0.2, 0.25) is 0 Å². The van der Waals surface area contributed by atoms with Crippen LogP contribution in [-0.2, 0) is 16.5 Å². The summed E-state index contributed by atoms with van der Waals surface area (Å²) in [5, 5.41) is 6.87. The van der Waals surface area contributed by atoms with Crippen molar-refractivity contribution in [2.75, 3.05) is 19.0 Å². The highest BCUT2D eigenvalue weighted by Gasteiger charge is 2.28. The van der Waals surface area contributed by atoms with Gasteiger partial charge in [-0.3, -0.25) is 9.48 Å². The third kappa shape index (κ3) is 3.90. The Balaban J connectivity index is 2.43. The fourth-order valence-electron chi connectivity index (χ4n) is 2.12. The highest BCUT2D eigenvalue weighted by Crippen LogP contribution is 2.34. The molecule has 1 N–H and O–H groups in total. The zero-order valence-electron chi connectivity index (χ0n) is 14.0. The van der Waals surface area contributed by atoms with E-state index in [0.717, 1.165) is 11.3 Å². The fourth-order valence-corrected chi connectivity index (χ4v) is 3.76. The molecule has 0 saturated heterocycles. The number of anilines is 1. The lowest BCUT2D eigenvalue weighted by molar-refractivity contribution is 0.0531. The van der Waals surface area contributed by atoms with Crippen molar-refractivity contribution in [1.82, 2.24) is 9.78 Å². The van der Waals surface area contributed by atoms with Gasteiger partial charge in [-0.15, -0.1) is 11.3 Å². The molecule has 134 valence electrons. The van der Waals surface area contributed by atoms with Crippen LogP contribution in [0.4, 0.5) is 5.00 Å². The normalized spacial score (nSPS) is 10.4. The van der Waals surface area contributed by atoms with E-state index in [9.17, 15) is 14.4 Å². The number of hydrogen-bond acceptors (Lipinski definition) is 7. The molecule has 0 fully saturated rings. The maximum Gasteiger partial charge on any atom is 0.348 e. The molecule has 0 saturated carbocycles. The number of nitrogens with one attached hydrogen (secondary N) is 1. The predicted octanol–water partition coefficient (Wildman–Crippen LogP) is 2.77. The summed E-state index contributed by atoms with van der Waals surface area (Å²) in [6.07, 6.45) is 1.62. The summed E-state index contributed by atoms with van der Waals surface area (Å²) >= 11 is 4.21. The maximum absolute atomic E-state index is 12.4. The standard InChI is InChI=1S/C15H16BrN3O5S/c1-5-24-15(22)11-7(2)9(14(21)23-4)13(25-11)17-12(20)10-8(16)6-19(3)18-10/h6H,5H2,1-4H3,(H,17,20). The Morgan fingerprint density at radius 2 is 2.04 bits per heavy atom. The molecule has 25 heavy (non-hydrogen) atoms. The Labute approximate surface area is 156 Å². The molecular weight excluding hydrogens is 414 g/mol. The van der Waals surface area contributed by atoms with Crippen LogP contribution < -0.4 is 5.32 Å². The highest BCUT2D eigenvalue weighted by molar-refractivity contribution is 9.10. The molecule has 2 heterocycles. The van der Waals surface area contributed by atoms with Crippen molar-refractivity contribution in [3.8, 4) is 0 Å². The van der Waals surface area contributed by atoms with Crippen LogP contribution in [0.1, 0.15) is 43.0 Å². The number of halogens is 1. The van der Waals surface area contributed by atoms with E-state index in [2.05, 4.69) is 26.3 Å². The number of aryl methyl sites for hydroxylation is 1. The van der Waals surface area contributed by atoms with Crippen LogP contribution in [0.5, 0.6) is 0 Å². The molecular formula is C15H16BrN3O5S. The SMILES string of the molecule is CCOC(=O)c1sc(NC(=O)c2nn(C)cc2Br)c(C(=O)OC)c1C. The van der Waals surface area contributed by atoms with E-state index in [0.29, 0.717) is 10.0 Å². The van der Waals surface area contributed by atoms with Gasteiger partial charge in [0.25, 0.3) is 5.91 Å². The molecule has 2 aromatic rings. The van der Waals surface area contributed by atoms with E-state index in [4.69, 9.17) is 9.47 Å². The van der Waals surface area contributed by atoms with Gasteiger partial charge in [0.15, 0.2) is 5.69 Å². The van der Waals surface area contributed by atoms with Crippen LogP contribution in [0, 0.1) is 6.92 Å². The van der Waals surface area contributed by atoms with E-state index in [1.54, 1.807) is 27.1 Å². The molecule has 0 spiro atoms. The maximum atomic E-state index is 12.4. The number of aromatic nitrogens is 2. The second kappa shape index (κ2) is 7.79. The molecule has 2 rings (SSSR count). The summed E-state index contributed by atoms with van der Waals surface area (Å²) in [4.78, 5) is 36.8. The van der Waals surface area contributed by atoms with Crippen molar-refractivity contribution in [2.24, 2.45) is 7.05 Å². The first-order valence-electron chi connectivity index (χ1n) is 7.19. The quantitative estimate of drug-likeness (QED) is 0.733. The number of rotatable bonds is 5. The lowest BCUT2D eigenvalue weighted by atomic mass is 10.1. The number of thiophene rings is 1. The summed E-state index contributed by atoms with van der Waals surface area (Å²) in [6, 6.07) is 0. The third-order valence-corrected chi connectivity index (χ3v) is 4.99. The van der Waals surface area contributed by atoms with E-state index in [-0.39, 0.29) is 27.7 Å². The molecule has 0 radical (unpaired) electrons. The van der Waals surface area contributed by atoms with Gasteiger partial charge < -0.3 is 14.8 Å². The van der Waals surface area contributed by atoms with Crippen LogP contribution in [0.3, 0.4) is 0 Å². The van der Waals surface area contributed by atoms with E-state index < -0.39 is 17.8 Å². The van der Waals surface area contributed by atoms with Crippen molar-refractivity contribution >= 4 is 50.1 Å². The van der Waals surface area contributed by atoms with Crippen molar-refractivity contribution in [1.29, 1.82) is 0 Å². The first-order valence-corrected chi connectivity index (χ1v) is 8.80. The van der Waals surface area contributed by atoms with Gasteiger partial charge in [0.1, 0.15) is 9.88 Å². The van der Waals surface area contributed by atoms with Gasteiger partial charge in [-0.2, -0.15) is 5.10 Å². The van der Waals surface area contributed by atoms with Crippen molar-refractivity contribution in [3.63, 3.8) is 0 Å². The van der Waals surface area contributed by atoms with E-state index >= 15 is 0 Å². The van der Waals surface area contributed by atoms with Gasteiger partial charge in [0.05, 0.1) is 23.8 Å². The number of hydrogen-bond donors (Lipinski definition) is 1. The Hall–Kier alpha value is -2.20. The summed E-state index contributed by atoms with van der Waals surface area (Å²) in [6.45, 7) is 3.48. The first kappa shape index (κ1) is 19.1. The number of esters is 2. The zero-order chi connectivity index (χ0) is 18.7. The van der Waals surface area contributed by atoms with Crippen LogP contribution in [0.15, 0.2) is 10.7 Å². The number of ether oxygens (including phenoxy) is 2. The molecule has 10 heteroatoms. The Bertz CT molecular complexity index is 843. The van der Waals surface area contributed by atoms with E-state index in [1.807, 2.05) is 0 Å². The van der Waals surface area contributed by atoms with Gasteiger partial charge in [-0.25, -0.2) is 9.59 Å². The molecule has 8 nitrogen and oxygen atoms in total. The van der Waals surface area contributed by atoms with Crippen molar-refractivity contribution in [2.45, 2.75) is 13.8 Å². The minimum atomic E-state index is -0.653. The smallest absolute Gasteiger partial charge is 0.348 e. The number of carbonyl (C=O) groups excluding carboxylic acids is 3. The first-order chi connectivity index (χ1) is 11.8. The van der Waals surface area contributed by atoms with Gasteiger partial charge in [-0.05, 0) is 35.3 Å². The third-order valence-electron chi connectivity index (χ3n) is 3.22. The molecule has 0 unspecified atom stereocenters. The molecule has 0 aliphatic heterocycles. The van der Waals surface area contributed by atoms with Gasteiger partial charge in [-0.1, -0.05) is 0 Å². The summed E-state index contributed by atoms with van der Waals surface area (Å²) in [7, 11) is 2.90. The Kier molecular flexibility index (Phi) is 5.96. The number of methoxy groups -OCH3 is 1. The number of nitrogens with zero attached hydrogens (tertiary/aromatic N) is 2. The van der Waals surface area contributed by atoms with Crippen molar-refractivity contribution in [3.05, 3.63) is 32.4 Å². The second-order valence-electron chi connectivity index (χ2n) is 4.93. The Morgan fingerprint density at radius 1 is 1.36 bits per heavy atom. The summed E-state index contributed by atoms with van der Waals surface area (Å²) < 4.78 is 11.7. The molecule has 2 aromatic heterocycles. The molecule has 0 bridgehead atoms. The second-order valence-corrected chi connectivity index (χ2v) is 6.80. The average molecular weight is 430 g/mol. The highest BCUT2D eigenvalue weighted by atomic mass is 79.9. The zero-order valence-corrected chi connectivity index (χ0v) is 16.4. The predicted molar refractivity (Wildman–Crippen MR) is 95.2 cm³/mol.